The average molecular weight is 343 g/mol. The van der Waals surface area contributed by atoms with Gasteiger partial charge in [0.2, 0.25) is 5.91 Å². The number of hydrogen-bond donors (Lipinski definition) is 3. The molecule has 4 nitrogen and oxygen atoms in total. The molecule has 0 saturated carbocycles. The van der Waals surface area contributed by atoms with Crippen LogP contribution in [0.15, 0.2) is 22.7 Å². The zero-order valence-corrected chi connectivity index (χ0v) is 13.8. The van der Waals surface area contributed by atoms with E-state index < -0.39 is 0 Å². The molecule has 0 aromatic heterocycles. The largest absolute Gasteiger partial charge is 0.508 e. The van der Waals surface area contributed by atoms with E-state index in [1.54, 1.807) is 12.1 Å². The van der Waals surface area contributed by atoms with Crippen LogP contribution in [0, 0.1) is 0 Å². The van der Waals surface area contributed by atoms with Gasteiger partial charge in [0.1, 0.15) is 5.75 Å². The predicted molar refractivity (Wildman–Crippen MR) is 84.7 cm³/mol. The number of hydrogen-bond acceptors (Lipinski definition) is 3. The van der Waals surface area contributed by atoms with Crippen LogP contribution in [0.4, 0.5) is 0 Å². The highest BCUT2D eigenvalue weighted by Gasteiger charge is 2.20. The highest BCUT2D eigenvalue weighted by atomic mass is 79.9. The molecule has 2 atom stereocenters. The first-order chi connectivity index (χ1) is 9.49. The van der Waals surface area contributed by atoms with E-state index in [9.17, 15) is 9.90 Å². The van der Waals surface area contributed by atoms with E-state index in [0.29, 0.717) is 6.54 Å². The number of amides is 1. The maximum Gasteiger partial charge on any atom is 0.236 e. The second-order valence-corrected chi connectivity index (χ2v) is 5.76. The summed E-state index contributed by atoms with van der Waals surface area (Å²) in [5.74, 6) is 0.230. The van der Waals surface area contributed by atoms with E-state index in [0.717, 1.165) is 22.9 Å². The minimum atomic E-state index is -0.301. The van der Waals surface area contributed by atoms with Crippen molar-refractivity contribution in [3.05, 3.63) is 28.2 Å². The van der Waals surface area contributed by atoms with Crippen LogP contribution in [0.25, 0.3) is 0 Å². The topological polar surface area (TPSA) is 61.4 Å². The van der Waals surface area contributed by atoms with Crippen LogP contribution in [0.5, 0.6) is 5.75 Å². The number of rotatable bonds is 7. The quantitative estimate of drug-likeness (QED) is 0.713. The molecule has 1 aromatic rings. The van der Waals surface area contributed by atoms with Gasteiger partial charge in [-0.05, 0) is 38.0 Å². The van der Waals surface area contributed by atoms with Gasteiger partial charge in [-0.1, -0.05) is 29.8 Å². The van der Waals surface area contributed by atoms with Gasteiger partial charge in [-0.25, -0.2) is 0 Å². The van der Waals surface area contributed by atoms with Gasteiger partial charge in [-0.3, -0.25) is 10.1 Å². The Morgan fingerprint density at radius 3 is 2.70 bits per heavy atom. The van der Waals surface area contributed by atoms with Crippen LogP contribution in [0.3, 0.4) is 0 Å². The van der Waals surface area contributed by atoms with E-state index >= 15 is 0 Å². The number of halogens is 1. The number of aromatic hydroxyl groups is 1. The van der Waals surface area contributed by atoms with Crippen LogP contribution < -0.4 is 10.6 Å². The van der Waals surface area contributed by atoms with E-state index in [1.807, 2.05) is 26.8 Å². The molecule has 5 heteroatoms. The third-order valence-corrected chi connectivity index (χ3v) is 3.66. The Labute approximate surface area is 129 Å². The molecule has 0 aliphatic carbocycles. The molecule has 0 radical (unpaired) electrons. The molecule has 2 unspecified atom stereocenters. The van der Waals surface area contributed by atoms with Gasteiger partial charge in [0.15, 0.2) is 0 Å². The lowest BCUT2D eigenvalue weighted by Gasteiger charge is -2.23. The van der Waals surface area contributed by atoms with Gasteiger partial charge < -0.3 is 10.4 Å². The Hall–Kier alpha value is -1.07. The summed E-state index contributed by atoms with van der Waals surface area (Å²) < 4.78 is 0.911. The molecular formula is C15H23BrN2O2. The summed E-state index contributed by atoms with van der Waals surface area (Å²) in [5, 5.41) is 16.1. The van der Waals surface area contributed by atoms with Gasteiger partial charge >= 0.3 is 0 Å². The lowest BCUT2D eigenvalue weighted by atomic mass is 10.0. The molecule has 0 aliphatic rings. The Kier molecular flexibility index (Phi) is 7.02. The third kappa shape index (κ3) is 4.80. The van der Waals surface area contributed by atoms with Crippen molar-refractivity contribution < 1.29 is 9.90 Å². The first-order valence-electron chi connectivity index (χ1n) is 7.01. The average Bonchev–Trinajstić information content (AvgIpc) is 2.44. The van der Waals surface area contributed by atoms with Gasteiger partial charge in [0.25, 0.3) is 0 Å². The third-order valence-electron chi connectivity index (χ3n) is 3.17. The van der Waals surface area contributed by atoms with Gasteiger partial charge in [0.05, 0.1) is 6.04 Å². The summed E-state index contributed by atoms with van der Waals surface area (Å²) in [6, 6.07) is 4.97. The summed E-state index contributed by atoms with van der Waals surface area (Å²) in [5.41, 5.74) is 0.803. The molecular weight excluding hydrogens is 320 g/mol. The van der Waals surface area contributed by atoms with Gasteiger partial charge in [-0.15, -0.1) is 0 Å². The van der Waals surface area contributed by atoms with Crippen molar-refractivity contribution >= 4 is 21.8 Å². The molecule has 112 valence electrons. The van der Waals surface area contributed by atoms with E-state index in [-0.39, 0.29) is 23.7 Å². The zero-order chi connectivity index (χ0) is 15.1. The summed E-state index contributed by atoms with van der Waals surface area (Å²) in [6.07, 6.45) is 1.71. The number of carbonyl (C=O) groups is 1. The molecule has 0 aliphatic heterocycles. The number of nitrogens with one attached hydrogen (secondary N) is 2. The Morgan fingerprint density at radius 2 is 2.10 bits per heavy atom. The summed E-state index contributed by atoms with van der Waals surface area (Å²) >= 11 is 3.40. The lowest BCUT2D eigenvalue weighted by molar-refractivity contribution is -0.122. The van der Waals surface area contributed by atoms with Crippen molar-refractivity contribution in [2.45, 2.75) is 45.7 Å². The van der Waals surface area contributed by atoms with E-state index in [4.69, 9.17) is 0 Å². The normalized spacial score (nSPS) is 13.8. The van der Waals surface area contributed by atoms with Crippen LogP contribution in [0.1, 0.15) is 45.2 Å². The fourth-order valence-electron chi connectivity index (χ4n) is 2.01. The summed E-state index contributed by atoms with van der Waals surface area (Å²) in [7, 11) is 0. The first kappa shape index (κ1) is 17.0. The number of benzene rings is 1. The fourth-order valence-corrected chi connectivity index (χ4v) is 2.39. The zero-order valence-electron chi connectivity index (χ0n) is 12.2. The molecule has 0 fully saturated rings. The standard InChI is InChI=1S/C15H23BrN2O2/c1-4-8-17-15(20)10(3)18-13(5-2)12-9-11(16)6-7-14(12)19/h6-7,9-10,13,18-19H,4-5,8H2,1-3H3,(H,17,20). The summed E-state index contributed by atoms with van der Waals surface area (Å²) in [4.78, 5) is 11.9. The second kappa shape index (κ2) is 8.27. The first-order valence-corrected chi connectivity index (χ1v) is 7.81. The molecule has 0 heterocycles. The molecule has 1 aromatic carbocycles. The van der Waals surface area contributed by atoms with E-state index in [1.165, 1.54) is 0 Å². The SMILES string of the molecule is CCCNC(=O)C(C)NC(CC)c1cc(Br)ccc1O. The van der Waals surface area contributed by atoms with Crippen LogP contribution in [-0.4, -0.2) is 23.6 Å². The maximum absolute atomic E-state index is 11.9. The minimum Gasteiger partial charge on any atom is -0.508 e. The van der Waals surface area contributed by atoms with Crippen molar-refractivity contribution in [3.8, 4) is 5.75 Å². The lowest BCUT2D eigenvalue weighted by Crippen LogP contribution is -2.43. The molecule has 0 spiro atoms. The highest BCUT2D eigenvalue weighted by molar-refractivity contribution is 9.10. The van der Waals surface area contributed by atoms with Gasteiger partial charge in [0, 0.05) is 22.6 Å². The molecule has 1 rings (SSSR count). The summed E-state index contributed by atoms with van der Waals surface area (Å²) in [6.45, 7) is 6.56. The smallest absolute Gasteiger partial charge is 0.236 e. The van der Waals surface area contributed by atoms with Crippen LogP contribution >= 0.6 is 15.9 Å². The molecule has 20 heavy (non-hydrogen) atoms. The van der Waals surface area contributed by atoms with Crippen molar-refractivity contribution in [1.82, 2.24) is 10.6 Å². The molecule has 0 bridgehead atoms. The number of phenols is 1. The van der Waals surface area contributed by atoms with Crippen LogP contribution in [-0.2, 0) is 4.79 Å². The minimum absolute atomic E-state index is 0.0141. The van der Waals surface area contributed by atoms with Gasteiger partial charge in [-0.2, -0.15) is 0 Å². The Morgan fingerprint density at radius 1 is 1.40 bits per heavy atom. The highest BCUT2D eigenvalue weighted by Crippen LogP contribution is 2.29. The molecule has 3 N–H and O–H groups in total. The van der Waals surface area contributed by atoms with Crippen molar-refractivity contribution in [2.24, 2.45) is 0 Å². The van der Waals surface area contributed by atoms with Crippen molar-refractivity contribution in [2.75, 3.05) is 6.54 Å². The van der Waals surface area contributed by atoms with E-state index in [2.05, 4.69) is 26.6 Å². The monoisotopic (exact) mass is 342 g/mol. The van der Waals surface area contributed by atoms with Crippen molar-refractivity contribution in [1.29, 1.82) is 0 Å². The fraction of sp³-hybridized carbons (Fsp3) is 0.533. The maximum atomic E-state index is 11.9. The number of carbonyl (C=O) groups excluding carboxylic acids is 1. The Bertz CT molecular complexity index is 451. The molecule has 0 saturated heterocycles. The number of phenolic OH excluding ortho intramolecular Hbond substituents is 1. The van der Waals surface area contributed by atoms with Crippen LogP contribution in [0.2, 0.25) is 0 Å². The molecule has 1 amide bonds. The van der Waals surface area contributed by atoms with Crippen molar-refractivity contribution in [3.63, 3.8) is 0 Å². The second-order valence-electron chi connectivity index (χ2n) is 4.84. The predicted octanol–water partition coefficient (Wildman–Crippen LogP) is 3.11. The Balaban J connectivity index is 2.76.